The van der Waals surface area contributed by atoms with Gasteiger partial charge in [-0.15, -0.1) is 0 Å². The van der Waals surface area contributed by atoms with Crippen LogP contribution < -0.4 is 5.32 Å². The number of rotatable bonds is 5. The Hall–Kier alpha value is -3.97. The number of likely N-dealkylation sites (tertiary alicyclic amines) is 1. The van der Waals surface area contributed by atoms with Crippen molar-refractivity contribution in [2.24, 2.45) is 0 Å². The van der Waals surface area contributed by atoms with Gasteiger partial charge in [0.05, 0.1) is 18.2 Å². The molecule has 1 aliphatic rings. The minimum absolute atomic E-state index is 0.0404. The normalized spacial score (nSPS) is 15.5. The van der Waals surface area contributed by atoms with Crippen LogP contribution in [0, 0.1) is 5.82 Å². The highest BCUT2D eigenvalue weighted by molar-refractivity contribution is 6.11. The van der Waals surface area contributed by atoms with Crippen molar-refractivity contribution in [3.8, 4) is 22.5 Å². The molecule has 6 nitrogen and oxygen atoms in total. The average molecular weight is 473 g/mol. The van der Waals surface area contributed by atoms with Crippen LogP contribution >= 0.6 is 0 Å². The largest absolute Gasteiger partial charge is 0.455 e. The highest BCUT2D eigenvalue weighted by Crippen LogP contribution is 2.36. The molecule has 2 N–H and O–H groups in total. The van der Waals surface area contributed by atoms with Crippen LogP contribution in [0.4, 0.5) is 4.39 Å². The first-order valence-electron chi connectivity index (χ1n) is 11.6. The number of hydrogen-bond acceptors (Lipinski definition) is 4. The third-order valence-electron chi connectivity index (χ3n) is 6.54. The molecular formula is C28H25FN2O4. The van der Waals surface area contributed by atoms with Crippen molar-refractivity contribution in [3.05, 3.63) is 83.7 Å². The molecule has 4 aromatic rings. The molecule has 2 amide bonds. The molecule has 7 heteroatoms. The predicted molar refractivity (Wildman–Crippen MR) is 132 cm³/mol. The number of nitrogens with one attached hydrogen (secondary N) is 1. The van der Waals surface area contributed by atoms with Crippen molar-refractivity contribution in [2.75, 3.05) is 20.2 Å². The van der Waals surface area contributed by atoms with E-state index in [1.807, 2.05) is 30.3 Å². The van der Waals surface area contributed by atoms with E-state index < -0.39 is 0 Å². The van der Waals surface area contributed by atoms with Gasteiger partial charge in [0, 0.05) is 30.1 Å². The second kappa shape index (κ2) is 9.35. The van der Waals surface area contributed by atoms with E-state index in [-0.39, 0.29) is 30.3 Å². The molecule has 1 fully saturated rings. The minimum atomic E-state index is -0.373. The van der Waals surface area contributed by atoms with Gasteiger partial charge in [0.15, 0.2) is 0 Å². The molecule has 2 heterocycles. The van der Waals surface area contributed by atoms with Crippen molar-refractivity contribution < 1.29 is 23.5 Å². The maximum atomic E-state index is 13.5. The molecule has 5 rings (SSSR count). The lowest BCUT2D eigenvalue weighted by Gasteiger charge is -2.23. The van der Waals surface area contributed by atoms with E-state index in [9.17, 15) is 19.1 Å². The highest BCUT2D eigenvalue weighted by atomic mass is 19.1. The van der Waals surface area contributed by atoms with Gasteiger partial charge in [0.1, 0.15) is 17.2 Å². The van der Waals surface area contributed by atoms with E-state index in [4.69, 9.17) is 4.42 Å². The van der Waals surface area contributed by atoms with Gasteiger partial charge in [-0.2, -0.15) is 0 Å². The second-order valence-electron chi connectivity index (χ2n) is 8.66. The van der Waals surface area contributed by atoms with Gasteiger partial charge in [-0.1, -0.05) is 18.2 Å². The molecular weight excluding hydrogens is 447 g/mol. The molecule has 0 bridgehead atoms. The summed E-state index contributed by atoms with van der Waals surface area (Å²) in [6.45, 7) is 0.595. The van der Waals surface area contributed by atoms with E-state index in [0.29, 0.717) is 40.0 Å². The van der Waals surface area contributed by atoms with Crippen LogP contribution in [0.1, 0.15) is 33.6 Å². The molecule has 3 aromatic carbocycles. The lowest BCUT2D eigenvalue weighted by molar-refractivity contribution is 0.0677. The maximum Gasteiger partial charge on any atom is 0.255 e. The first kappa shape index (κ1) is 22.8. The zero-order valence-electron chi connectivity index (χ0n) is 19.3. The van der Waals surface area contributed by atoms with Crippen LogP contribution in [0.3, 0.4) is 0 Å². The number of nitrogens with zero attached hydrogens (tertiary/aromatic N) is 1. The average Bonchev–Trinajstić information content (AvgIpc) is 3.52. The monoisotopic (exact) mass is 472 g/mol. The summed E-state index contributed by atoms with van der Waals surface area (Å²) in [5.74, 6) is -0.419. The Labute approximate surface area is 202 Å². The van der Waals surface area contributed by atoms with E-state index in [2.05, 4.69) is 5.32 Å². The summed E-state index contributed by atoms with van der Waals surface area (Å²) in [7, 11) is 1.55. The lowest BCUT2D eigenvalue weighted by Crippen LogP contribution is -2.37. The van der Waals surface area contributed by atoms with Crippen LogP contribution in [0.2, 0.25) is 0 Å². The summed E-state index contributed by atoms with van der Waals surface area (Å²) < 4.78 is 19.5. The fourth-order valence-electron chi connectivity index (χ4n) is 4.72. The van der Waals surface area contributed by atoms with Gasteiger partial charge in [-0.3, -0.25) is 9.59 Å². The molecule has 0 radical (unpaired) electrons. The smallest absolute Gasteiger partial charge is 0.255 e. The van der Waals surface area contributed by atoms with E-state index in [1.54, 1.807) is 36.2 Å². The predicted octanol–water partition coefficient (Wildman–Crippen LogP) is 4.86. The topological polar surface area (TPSA) is 82.8 Å². The number of carbonyl (C=O) groups excluding carboxylic acids is 2. The third kappa shape index (κ3) is 4.19. The quantitative estimate of drug-likeness (QED) is 0.435. The number of hydrogen-bond donors (Lipinski definition) is 2. The van der Waals surface area contributed by atoms with Crippen molar-refractivity contribution in [3.63, 3.8) is 0 Å². The Morgan fingerprint density at radius 3 is 2.54 bits per heavy atom. The zero-order valence-corrected chi connectivity index (χ0v) is 19.3. The molecule has 1 aliphatic heterocycles. The van der Waals surface area contributed by atoms with Gasteiger partial charge in [-0.25, -0.2) is 4.39 Å². The SMILES string of the molecule is CNC(=O)c1c(-c2ccc(F)cc2)oc2ccc(-c3cccc(C(=O)N4CCCC4CO)c3)cc12. The zero-order chi connectivity index (χ0) is 24.5. The number of amides is 2. The standard InChI is InChI=1S/C28H25FN2O4/c1-30-27(33)25-23-15-19(9-12-24(23)35-26(25)17-7-10-21(29)11-8-17)18-4-2-5-20(14-18)28(34)31-13-3-6-22(31)16-32/h2,4-5,7-12,14-15,22,32H,3,6,13,16H2,1H3,(H,30,33). The van der Waals surface area contributed by atoms with E-state index in [0.717, 1.165) is 24.0 Å². The summed E-state index contributed by atoms with van der Waals surface area (Å²) in [5, 5.41) is 12.9. The van der Waals surface area contributed by atoms with Crippen molar-refractivity contribution in [1.82, 2.24) is 10.2 Å². The van der Waals surface area contributed by atoms with E-state index in [1.165, 1.54) is 12.1 Å². The summed E-state index contributed by atoms with van der Waals surface area (Å²) in [5.41, 5.74) is 3.69. The van der Waals surface area contributed by atoms with Gasteiger partial charge in [0.2, 0.25) is 0 Å². The molecule has 178 valence electrons. The van der Waals surface area contributed by atoms with E-state index >= 15 is 0 Å². The molecule has 0 saturated carbocycles. The number of furan rings is 1. The Bertz CT molecular complexity index is 1410. The fraction of sp³-hybridized carbons (Fsp3) is 0.214. The van der Waals surface area contributed by atoms with Crippen molar-refractivity contribution >= 4 is 22.8 Å². The Morgan fingerprint density at radius 2 is 1.80 bits per heavy atom. The lowest BCUT2D eigenvalue weighted by atomic mass is 9.98. The summed E-state index contributed by atoms with van der Waals surface area (Å²) in [4.78, 5) is 27.7. The number of carbonyl (C=O) groups is 2. The first-order chi connectivity index (χ1) is 17.0. The first-order valence-corrected chi connectivity index (χ1v) is 11.6. The maximum absolute atomic E-state index is 13.5. The van der Waals surface area contributed by atoms with Gasteiger partial charge < -0.3 is 19.7 Å². The summed E-state index contributed by atoms with van der Waals surface area (Å²) in [6.07, 6.45) is 1.68. The van der Waals surface area contributed by atoms with Gasteiger partial charge in [0.25, 0.3) is 11.8 Å². The van der Waals surface area contributed by atoms with Crippen LogP contribution in [-0.2, 0) is 0 Å². The number of benzene rings is 3. The van der Waals surface area contributed by atoms with Crippen LogP contribution in [0.5, 0.6) is 0 Å². The minimum Gasteiger partial charge on any atom is -0.455 e. The van der Waals surface area contributed by atoms with Gasteiger partial charge >= 0.3 is 0 Å². The Morgan fingerprint density at radius 1 is 1.06 bits per heavy atom. The summed E-state index contributed by atoms with van der Waals surface area (Å²) >= 11 is 0. The molecule has 0 aliphatic carbocycles. The Balaban J connectivity index is 1.57. The summed E-state index contributed by atoms with van der Waals surface area (Å²) in [6, 6.07) is 18.5. The number of halogens is 1. The number of aliphatic hydroxyl groups excluding tert-OH is 1. The van der Waals surface area contributed by atoms with Gasteiger partial charge in [-0.05, 0) is 72.5 Å². The number of aliphatic hydroxyl groups is 1. The van der Waals surface area contributed by atoms with Crippen LogP contribution in [0.25, 0.3) is 33.4 Å². The fourth-order valence-corrected chi connectivity index (χ4v) is 4.72. The van der Waals surface area contributed by atoms with Crippen molar-refractivity contribution in [2.45, 2.75) is 18.9 Å². The molecule has 1 aromatic heterocycles. The molecule has 1 unspecified atom stereocenters. The highest BCUT2D eigenvalue weighted by Gasteiger charge is 2.29. The number of fused-ring (bicyclic) bond motifs is 1. The molecule has 0 spiro atoms. The van der Waals surface area contributed by atoms with Crippen molar-refractivity contribution in [1.29, 1.82) is 0 Å². The Kier molecular flexibility index (Phi) is 6.09. The molecule has 1 saturated heterocycles. The third-order valence-corrected chi connectivity index (χ3v) is 6.54. The molecule has 1 atom stereocenters. The van der Waals surface area contributed by atoms with Crippen LogP contribution in [0.15, 0.2) is 71.1 Å². The molecule has 35 heavy (non-hydrogen) atoms. The second-order valence-corrected chi connectivity index (χ2v) is 8.66. The van der Waals surface area contributed by atoms with Crippen LogP contribution in [-0.4, -0.2) is 48.1 Å².